The van der Waals surface area contributed by atoms with Crippen LogP contribution in [0.3, 0.4) is 0 Å². The molecule has 0 unspecified atom stereocenters. The van der Waals surface area contributed by atoms with Crippen molar-refractivity contribution in [1.82, 2.24) is 4.98 Å². The number of thiazole rings is 1. The van der Waals surface area contributed by atoms with Gasteiger partial charge in [0.05, 0.1) is 18.4 Å². The highest BCUT2D eigenvalue weighted by Crippen LogP contribution is 2.32. The smallest absolute Gasteiger partial charge is 0.337 e. The van der Waals surface area contributed by atoms with E-state index in [2.05, 4.69) is 35.4 Å². The van der Waals surface area contributed by atoms with E-state index < -0.39 is 0 Å². The van der Waals surface area contributed by atoms with Crippen LogP contribution in [0.2, 0.25) is 0 Å². The van der Waals surface area contributed by atoms with Crippen molar-refractivity contribution in [3.63, 3.8) is 0 Å². The van der Waals surface area contributed by atoms with E-state index in [4.69, 9.17) is 15.5 Å². The number of aromatic nitrogens is 1. The van der Waals surface area contributed by atoms with Crippen LogP contribution < -0.4 is 10.6 Å². The minimum Gasteiger partial charge on any atom is -0.465 e. The van der Waals surface area contributed by atoms with Crippen molar-refractivity contribution in [3.05, 3.63) is 59.5 Å². The summed E-state index contributed by atoms with van der Waals surface area (Å²) in [5, 5.41) is 3.17. The Bertz CT molecular complexity index is 1000. The number of hydrogen-bond donors (Lipinski definition) is 1. The van der Waals surface area contributed by atoms with E-state index in [9.17, 15) is 4.79 Å². The molecule has 0 atom stereocenters. The van der Waals surface area contributed by atoms with Gasteiger partial charge in [0.25, 0.3) is 0 Å². The summed E-state index contributed by atoms with van der Waals surface area (Å²) in [6.07, 6.45) is 1.97. The second-order valence-corrected chi connectivity index (χ2v) is 8.64. The van der Waals surface area contributed by atoms with Crippen LogP contribution in [0.25, 0.3) is 22.4 Å². The van der Waals surface area contributed by atoms with Gasteiger partial charge < -0.3 is 15.4 Å². The van der Waals surface area contributed by atoms with Gasteiger partial charge in [-0.2, -0.15) is 0 Å². The maximum absolute atomic E-state index is 11.6. The Balaban J connectivity index is 1.54. The van der Waals surface area contributed by atoms with Crippen molar-refractivity contribution in [2.24, 2.45) is 5.73 Å². The fourth-order valence-electron chi connectivity index (χ4n) is 3.53. The zero-order valence-corrected chi connectivity index (χ0v) is 17.5. The molecule has 0 saturated carbocycles. The Labute approximate surface area is 175 Å². The Hall–Kier alpha value is -2.70. The van der Waals surface area contributed by atoms with E-state index in [-0.39, 0.29) is 11.5 Å². The topological polar surface area (TPSA) is 68.5 Å². The molecule has 1 aromatic heterocycles. The third kappa shape index (κ3) is 4.33. The molecule has 5 nitrogen and oxygen atoms in total. The average molecular weight is 408 g/mol. The predicted molar refractivity (Wildman–Crippen MR) is 118 cm³/mol. The monoisotopic (exact) mass is 407 g/mol. The van der Waals surface area contributed by atoms with Gasteiger partial charge in [-0.25, -0.2) is 9.78 Å². The van der Waals surface area contributed by atoms with Crippen molar-refractivity contribution in [1.29, 1.82) is 0 Å². The van der Waals surface area contributed by atoms with E-state index in [0.717, 1.165) is 53.4 Å². The minimum atomic E-state index is -0.326. The number of methoxy groups -OCH3 is 1. The number of carbonyl (C=O) groups is 1. The fourth-order valence-corrected chi connectivity index (χ4v) is 4.41. The molecule has 0 bridgehead atoms. The first kappa shape index (κ1) is 19.6. The van der Waals surface area contributed by atoms with Crippen LogP contribution in [0.5, 0.6) is 0 Å². The molecule has 2 aromatic carbocycles. The van der Waals surface area contributed by atoms with E-state index in [1.54, 1.807) is 23.5 Å². The second-order valence-electron chi connectivity index (χ2n) is 7.81. The van der Waals surface area contributed by atoms with Gasteiger partial charge in [-0.1, -0.05) is 30.3 Å². The molecular formula is C23H25N3O2S. The van der Waals surface area contributed by atoms with E-state index in [0.29, 0.717) is 5.56 Å². The van der Waals surface area contributed by atoms with Crippen molar-refractivity contribution in [2.75, 3.05) is 25.1 Å². The van der Waals surface area contributed by atoms with E-state index >= 15 is 0 Å². The van der Waals surface area contributed by atoms with E-state index in [1.807, 2.05) is 18.2 Å². The lowest BCUT2D eigenvalue weighted by atomic mass is 9.91. The van der Waals surface area contributed by atoms with E-state index in [1.165, 1.54) is 7.11 Å². The summed E-state index contributed by atoms with van der Waals surface area (Å²) in [6, 6.07) is 15.8. The highest BCUT2D eigenvalue weighted by atomic mass is 32.1. The Morgan fingerprint density at radius 3 is 2.48 bits per heavy atom. The molecule has 29 heavy (non-hydrogen) atoms. The third-order valence-electron chi connectivity index (χ3n) is 5.47. The van der Waals surface area contributed by atoms with Crippen LogP contribution >= 0.6 is 11.3 Å². The molecule has 1 aliphatic rings. The fraction of sp³-hybridized carbons (Fsp3) is 0.304. The van der Waals surface area contributed by atoms with Crippen molar-refractivity contribution in [2.45, 2.75) is 25.3 Å². The Morgan fingerprint density at radius 1 is 1.10 bits per heavy atom. The van der Waals surface area contributed by atoms with Gasteiger partial charge in [-0.15, -0.1) is 11.3 Å². The summed E-state index contributed by atoms with van der Waals surface area (Å²) in [7, 11) is 1.39. The normalized spacial score (nSPS) is 15.9. The lowest BCUT2D eigenvalue weighted by molar-refractivity contribution is 0.0601. The summed E-state index contributed by atoms with van der Waals surface area (Å²) in [5.41, 5.74) is 10.9. The number of piperidine rings is 1. The SMILES string of the molecule is COC(=O)c1ccc(-c2cccc(-c3csc(N4CCC(C)(N)CC4)n3)c2)cc1. The predicted octanol–water partition coefficient (Wildman–Crippen LogP) is 4.58. The zero-order chi connectivity index (χ0) is 20.4. The van der Waals surface area contributed by atoms with Gasteiger partial charge in [0.15, 0.2) is 5.13 Å². The lowest BCUT2D eigenvalue weighted by Gasteiger charge is -2.36. The molecule has 0 amide bonds. The number of hydrogen-bond acceptors (Lipinski definition) is 6. The number of carbonyl (C=O) groups excluding carboxylic acids is 1. The van der Waals surface area contributed by atoms with Crippen molar-refractivity contribution >= 4 is 22.4 Å². The molecule has 4 rings (SSSR count). The molecular weight excluding hydrogens is 382 g/mol. The summed E-state index contributed by atoms with van der Waals surface area (Å²) >= 11 is 1.68. The number of rotatable bonds is 4. The zero-order valence-electron chi connectivity index (χ0n) is 16.7. The number of esters is 1. The molecule has 1 saturated heterocycles. The van der Waals surface area contributed by atoms with Crippen LogP contribution in [-0.2, 0) is 4.74 Å². The first-order valence-corrected chi connectivity index (χ1v) is 10.6. The highest BCUT2D eigenvalue weighted by Gasteiger charge is 2.27. The largest absolute Gasteiger partial charge is 0.465 e. The number of nitrogens with zero attached hydrogens (tertiary/aromatic N) is 2. The van der Waals surface area contributed by atoms with Crippen LogP contribution in [-0.4, -0.2) is 36.7 Å². The van der Waals surface area contributed by atoms with Crippen LogP contribution in [0.1, 0.15) is 30.1 Å². The number of anilines is 1. The second kappa shape index (κ2) is 7.97. The number of benzene rings is 2. The maximum Gasteiger partial charge on any atom is 0.337 e. The standard InChI is InChI=1S/C23H25N3O2S/c1-23(24)10-12-26(13-11-23)22-25-20(15-29-22)19-5-3-4-18(14-19)16-6-8-17(9-7-16)21(27)28-2/h3-9,14-15H,10-13,24H2,1-2H3. The Kier molecular flexibility index (Phi) is 5.39. The molecule has 0 aliphatic carbocycles. The molecule has 150 valence electrons. The average Bonchev–Trinajstić information content (AvgIpc) is 3.23. The number of ether oxygens (including phenoxy) is 1. The van der Waals surface area contributed by atoms with Crippen molar-refractivity contribution < 1.29 is 9.53 Å². The summed E-state index contributed by atoms with van der Waals surface area (Å²) in [4.78, 5) is 18.8. The maximum atomic E-state index is 11.6. The van der Waals surface area contributed by atoms with Gasteiger partial charge >= 0.3 is 5.97 Å². The van der Waals surface area contributed by atoms with Gasteiger partial charge in [-0.05, 0) is 49.1 Å². The summed E-state index contributed by atoms with van der Waals surface area (Å²) < 4.78 is 4.77. The minimum absolute atomic E-state index is 0.0612. The molecule has 1 aliphatic heterocycles. The van der Waals surface area contributed by atoms with Crippen LogP contribution in [0, 0.1) is 0 Å². The highest BCUT2D eigenvalue weighted by molar-refractivity contribution is 7.14. The Morgan fingerprint density at radius 2 is 1.79 bits per heavy atom. The molecule has 3 aromatic rings. The van der Waals surface area contributed by atoms with Gasteiger partial charge in [-0.3, -0.25) is 0 Å². The summed E-state index contributed by atoms with van der Waals surface area (Å²) in [5.74, 6) is -0.326. The quantitative estimate of drug-likeness (QED) is 0.641. The van der Waals surface area contributed by atoms with Crippen LogP contribution in [0.15, 0.2) is 53.9 Å². The van der Waals surface area contributed by atoms with Crippen molar-refractivity contribution in [3.8, 4) is 22.4 Å². The van der Waals surface area contributed by atoms with Gasteiger partial charge in [0.1, 0.15) is 0 Å². The number of nitrogens with two attached hydrogens (primary N) is 1. The first-order valence-electron chi connectivity index (χ1n) is 9.74. The third-order valence-corrected chi connectivity index (χ3v) is 6.37. The first-order chi connectivity index (χ1) is 13.9. The summed E-state index contributed by atoms with van der Waals surface area (Å²) in [6.45, 7) is 4.03. The van der Waals surface area contributed by atoms with Gasteiger partial charge in [0, 0.05) is 29.6 Å². The molecule has 0 radical (unpaired) electrons. The van der Waals surface area contributed by atoms with Crippen LogP contribution in [0.4, 0.5) is 5.13 Å². The lowest BCUT2D eigenvalue weighted by Crippen LogP contribution is -2.48. The molecule has 6 heteroatoms. The van der Waals surface area contributed by atoms with Gasteiger partial charge in [0.2, 0.25) is 0 Å². The molecule has 1 fully saturated rings. The molecule has 2 N–H and O–H groups in total. The molecule has 2 heterocycles. The molecule has 0 spiro atoms.